The Balaban J connectivity index is 1.48. The number of ether oxygens (including phenoxy) is 5. The van der Waals surface area contributed by atoms with Gasteiger partial charge in [0, 0.05) is 6.61 Å². The minimum absolute atomic E-state index is 0.281. The molecule has 5 atom stereocenters. The van der Waals surface area contributed by atoms with E-state index in [0.29, 0.717) is 26.4 Å². The molecule has 1 aliphatic heterocycles. The number of hydrogen-bond acceptors (Lipinski definition) is 6. The van der Waals surface area contributed by atoms with Gasteiger partial charge in [-0.1, -0.05) is 91.0 Å². The fourth-order valence-corrected chi connectivity index (χ4v) is 4.11. The topological polar surface area (TPSA) is 66.4 Å². The van der Waals surface area contributed by atoms with Crippen LogP contribution in [0, 0.1) is 0 Å². The summed E-state index contributed by atoms with van der Waals surface area (Å²) in [5.41, 5.74) is 3.13. The molecule has 1 aliphatic rings. The molecule has 1 saturated heterocycles. The molecule has 1 N–H and O–H groups in total. The summed E-state index contributed by atoms with van der Waals surface area (Å²) in [6.45, 7) is 3.75. The van der Waals surface area contributed by atoms with Crippen molar-refractivity contribution in [2.75, 3.05) is 13.2 Å². The predicted octanol–water partition coefficient (Wildman–Crippen LogP) is 4.50. The molecule has 6 nitrogen and oxygen atoms in total. The summed E-state index contributed by atoms with van der Waals surface area (Å²) in [6.07, 6.45) is -3.40. The summed E-state index contributed by atoms with van der Waals surface area (Å²) in [6, 6.07) is 29.8. The van der Waals surface area contributed by atoms with E-state index in [1.807, 2.05) is 97.9 Å². The third-order valence-corrected chi connectivity index (χ3v) is 5.91. The van der Waals surface area contributed by atoms with Crippen molar-refractivity contribution in [3.63, 3.8) is 0 Å². The number of aliphatic hydroxyl groups is 1. The van der Waals surface area contributed by atoms with Crippen molar-refractivity contribution in [3.8, 4) is 0 Å². The molecule has 0 aromatic heterocycles. The molecule has 0 amide bonds. The highest BCUT2D eigenvalue weighted by molar-refractivity contribution is 5.15. The lowest BCUT2D eigenvalue weighted by Crippen LogP contribution is -2.44. The van der Waals surface area contributed by atoms with E-state index < -0.39 is 30.7 Å². The van der Waals surface area contributed by atoms with Gasteiger partial charge in [0.25, 0.3) is 0 Å². The molecule has 0 bridgehead atoms. The van der Waals surface area contributed by atoms with Crippen LogP contribution in [0.5, 0.6) is 0 Å². The predicted molar refractivity (Wildman–Crippen MR) is 132 cm³/mol. The maximum atomic E-state index is 11.0. The van der Waals surface area contributed by atoms with Crippen LogP contribution >= 0.6 is 0 Å². The highest BCUT2D eigenvalue weighted by Crippen LogP contribution is 2.30. The quantitative estimate of drug-likeness (QED) is 0.390. The number of rotatable bonds is 13. The van der Waals surface area contributed by atoms with Crippen molar-refractivity contribution in [2.45, 2.75) is 57.5 Å². The number of aliphatic hydroxyl groups excluding tert-OH is 1. The zero-order chi connectivity index (χ0) is 24.3. The van der Waals surface area contributed by atoms with Gasteiger partial charge in [0.05, 0.1) is 26.4 Å². The molecule has 1 fully saturated rings. The fourth-order valence-electron chi connectivity index (χ4n) is 4.11. The van der Waals surface area contributed by atoms with Crippen LogP contribution in [0.15, 0.2) is 91.0 Å². The average Bonchev–Trinajstić information content (AvgIpc) is 3.21. The zero-order valence-electron chi connectivity index (χ0n) is 20.1. The van der Waals surface area contributed by atoms with Crippen molar-refractivity contribution in [1.29, 1.82) is 0 Å². The fraction of sp³-hybridized carbons (Fsp3) is 0.379. The highest BCUT2D eigenvalue weighted by atomic mass is 16.7. The lowest BCUT2D eigenvalue weighted by atomic mass is 10.1. The van der Waals surface area contributed by atoms with Crippen LogP contribution < -0.4 is 0 Å². The van der Waals surface area contributed by atoms with E-state index in [-0.39, 0.29) is 6.61 Å². The SMILES string of the molecule is CCOC1OC(C(COCc2ccccc2)OCc2ccccc2)C(OCc2ccccc2)C1O. The van der Waals surface area contributed by atoms with Crippen molar-refractivity contribution < 1.29 is 28.8 Å². The van der Waals surface area contributed by atoms with Crippen molar-refractivity contribution in [2.24, 2.45) is 0 Å². The first-order valence-electron chi connectivity index (χ1n) is 12.1. The molecule has 35 heavy (non-hydrogen) atoms. The van der Waals surface area contributed by atoms with E-state index in [4.69, 9.17) is 23.7 Å². The molecule has 3 aromatic carbocycles. The molecular formula is C29H34O6. The summed E-state index contributed by atoms with van der Waals surface area (Å²) >= 11 is 0. The van der Waals surface area contributed by atoms with E-state index in [0.717, 1.165) is 16.7 Å². The Morgan fingerprint density at radius 3 is 1.86 bits per heavy atom. The van der Waals surface area contributed by atoms with Gasteiger partial charge in [-0.2, -0.15) is 0 Å². The second-order valence-electron chi connectivity index (χ2n) is 8.51. The Hall–Kier alpha value is -2.58. The van der Waals surface area contributed by atoms with Crippen LogP contribution in [0.1, 0.15) is 23.6 Å². The molecule has 0 aliphatic carbocycles. The van der Waals surface area contributed by atoms with Crippen molar-refractivity contribution in [3.05, 3.63) is 108 Å². The molecule has 1 heterocycles. The zero-order valence-corrected chi connectivity index (χ0v) is 20.1. The van der Waals surface area contributed by atoms with Crippen molar-refractivity contribution >= 4 is 0 Å². The van der Waals surface area contributed by atoms with Crippen molar-refractivity contribution in [1.82, 2.24) is 0 Å². The van der Waals surface area contributed by atoms with Gasteiger partial charge in [-0.25, -0.2) is 0 Å². The first-order valence-corrected chi connectivity index (χ1v) is 12.1. The average molecular weight is 479 g/mol. The minimum Gasteiger partial charge on any atom is -0.385 e. The molecule has 0 saturated carbocycles. The van der Waals surface area contributed by atoms with Crippen LogP contribution in [-0.2, 0) is 43.5 Å². The standard InChI is InChI=1S/C29H34O6/c1-2-32-29-26(30)28(34-20-24-16-10-5-11-17-24)27(35-29)25(33-19-23-14-8-4-9-15-23)21-31-18-22-12-6-3-7-13-22/h3-17,25-30H,2,18-21H2,1H3. The Kier molecular flexibility index (Phi) is 9.84. The lowest BCUT2D eigenvalue weighted by Gasteiger charge is -2.28. The van der Waals surface area contributed by atoms with Gasteiger partial charge in [-0.3, -0.25) is 0 Å². The van der Waals surface area contributed by atoms with E-state index in [9.17, 15) is 5.11 Å². The van der Waals surface area contributed by atoms with Crippen LogP contribution in [0.4, 0.5) is 0 Å². The van der Waals surface area contributed by atoms with E-state index in [2.05, 4.69) is 0 Å². The molecule has 5 unspecified atom stereocenters. The molecule has 186 valence electrons. The van der Waals surface area contributed by atoms with E-state index in [1.165, 1.54) is 0 Å². The normalized spacial score (nSPS) is 22.8. The third kappa shape index (κ3) is 7.45. The van der Waals surface area contributed by atoms with Gasteiger partial charge in [-0.15, -0.1) is 0 Å². The molecule has 4 rings (SSSR count). The summed E-state index contributed by atoms with van der Waals surface area (Å²) in [7, 11) is 0. The summed E-state index contributed by atoms with van der Waals surface area (Å²) in [5.74, 6) is 0. The summed E-state index contributed by atoms with van der Waals surface area (Å²) in [5, 5.41) is 11.0. The largest absolute Gasteiger partial charge is 0.385 e. The van der Waals surface area contributed by atoms with Gasteiger partial charge in [0.15, 0.2) is 6.29 Å². The molecule has 6 heteroatoms. The Morgan fingerprint density at radius 2 is 1.29 bits per heavy atom. The van der Waals surface area contributed by atoms with Gasteiger partial charge in [-0.05, 0) is 23.6 Å². The smallest absolute Gasteiger partial charge is 0.186 e. The summed E-state index contributed by atoms with van der Waals surface area (Å²) in [4.78, 5) is 0. The first kappa shape index (κ1) is 25.5. The van der Waals surface area contributed by atoms with Gasteiger partial charge in [0.1, 0.15) is 24.4 Å². The van der Waals surface area contributed by atoms with Crippen LogP contribution in [0.2, 0.25) is 0 Å². The van der Waals surface area contributed by atoms with E-state index >= 15 is 0 Å². The van der Waals surface area contributed by atoms with Crippen LogP contribution in [-0.4, -0.2) is 49.0 Å². The highest BCUT2D eigenvalue weighted by Gasteiger charge is 2.49. The molecule has 3 aromatic rings. The molecule has 0 radical (unpaired) electrons. The minimum atomic E-state index is -0.944. The number of hydrogen-bond donors (Lipinski definition) is 1. The first-order chi connectivity index (χ1) is 17.2. The maximum Gasteiger partial charge on any atom is 0.186 e. The molecule has 0 spiro atoms. The Bertz CT molecular complexity index is 968. The van der Waals surface area contributed by atoms with Gasteiger partial charge in [0.2, 0.25) is 0 Å². The second kappa shape index (κ2) is 13.5. The van der Waals surface area contributed by atoms with Gasteiger partial charge >= 0.3 is 0 Å². The van der Waals surface area contributed by atoms with Crippen LogP contribution in [0.3, 0.4) is 0 Å². The van der Waals surface area contributed by atoms with Gasteiger partial charge < -0.3 is 28.8 Å². The maximum absolute atomic E-state index is 11.0. The summed E-state index contributed by atoms with van der Waals surface area (Å²) < 4.78 is 30.4. The second-order valence-corrected chi connectivity index (χ2v) is 8.51. The number of benzene rings is 3. The van der Waals surface area contributed by atoms with E-state index in [1.54, 1.807) is 0 Å². The monoisotopic (exact) mass is 478 g/mol. The van der Waals surface area contributed by atoms with Crippen LogP contribution in [0.25, 0.3) is 0 Å². The Labute approximate surface area is 207 Å². The Morgan fingerprint density at radius 1 is 0.743 bits per heavy atom. The molecular weight excluding hydrogens is 444 g/mol. The third-order valence-electron chi connectivity index (χ3n) is 5.91. The lowest BCUT2D eigenvalue weighted by molar-refractivity contribution is -0.189.